The normalized spacial score (nSPS) is 10.5. The van der Waals surface area contributed by atoms with E-state index in [0.29, 0.717) is 22.4 Å². The Kier molecular flexibility index (Phi) is 4.01. The van der Waals surface area contributed by atoms with Crippen LogP contribution < -0.4 is 16.4 Å². The first kappa shape index (κ1) is 13.4. The number of benzene rings is 1. The van der Waals surface area contributed by atoms with Gasteiger partial charge in [0.1, 0.15) is 0 Å². The molecule has 6 heteroatoms. The first-order valence-corrected chi connectivity index (χ1v) is 6.81. The number of nitrogen functional groups attached to an aromatic ring is 1. The maximum Gasteiger partial charge on any atom is 0.325 e. The third kappa shape index (κ3) is 3.69. The Labute approximate surface area is 115 Å². The van der Waals surface area contributed by atoms with Gasteiger partial charge in [-0.1, -0.05) is 19.9 Å². The zero-order valence-corrected chi connectivity index (χ0v) is 11.6. The number of amides is 2. The average molecular weight is 276 g/mol. The first-order chi connectivity index (χ1) is 9.04. The van der Waals surface area contributed by atoms with E-state index >= 15 is 0 Å². The van der Waals surface area contributed by atoms with Gasteiger partial charge < -0.3 is 11.1 Å². The number of aromatic nitrogens is 1. The Hall–Kier alpha value is -2.08. The van der Waals surface area contributed by atoms with Crippen molar-refractivity contribution in [3.05, 3.63) is 35.3 Å². The minimum atomic E-state index is -0.324. The summed E-state index contributed by atoms with van der Waals surface area (Å²) in [7, 11) is 0. The minimum absolute atomic E-state index is 0.324. The Morgan fingerprint density at radius 3 is 2.79 bits per heavy atom. The Morgan fingerprint density at radius 2 is 2.16 bits per heavy atom. The summed E-state index contributed by atoms with van der Waals surface area (Å²) in [5.74, 6) is 0.351. The van der Waals surface area contributed by atoms with Crippen LogP contribution in [0.1, 0.15) is 25.5 Å². The zero-order valence-electron chi connectivity index (χ0n) is 10.8. The van der Waals surface area contributed by atoms with Crippen molar-refractivity contribution in [3.63, 3.8) is 0 Å². The standard InChI is InChI=1S/C13H16N4OS/c1-8(2)11-7-19-13(16-11)17-12(18)15-10-5-3-4-9(14)6-10/h3-8H,14H2,1-2H3,(H2,15,16,17,18). The molecule has 19 heavy (non-hydrogen) atoms. The number of hydrogen-bond donors (Lipinski definition) is 3. The molecule has 1 heterocycles. The van der Waals surface area contributed by atoms with E-state index in [0.717, 1.165) is 5.69 Å². The molecule has 1 aromatic heterocycles. The highest BCUT2D eigenvalue weighted by Gasteiger charge is 2.08. The molecule has 0 bridgehead atoms. The number of carbonyl (C=O) groups is 1. The maximum absolute atomic E-state index is 11.8. The van der Waals surface area contributed by atoms with Gasteiger partial charge >= 0.3 is 6.03 Å². The Morgan fingerprint density at radius 1 is 1.37 bits per heavy atom. The number of nitrogens with two attached hydrogens (primary N) is 1. The van der Waals surface area contributed by atoms with Crippen molar-refractivity contribution in [2.75, 3.05) is 16.4 Å². The molecule has 100 valence electrons. The summed E-state index contributed by atoms with van der Waals surface area (Å²) in [6.45, 7) is 4.12. The molecular formula is C13H16N4OS. The molecule has 0 atom stereocenters. The Bertz CT molecular complexity index is 580. The number of rotatable bonds is 3. The number of carbonyl (C=O) groups excluding carboxylic acids is 1. The first-order valence-electron chi connectivity index (χ1n) is 5.93. The third-order valence-electron chi connectivity index (χ3n) is 2.48. The van der Waals surface area contributed by atoms with Gasteiger partial charge in [-0.3, -0.25) is 5.32 Å². The van der Waals surface area contributed by atoms with Gasteiger partial charge in [0.05, 0.1) is 5.69 Å². The van der Waals surface area contributed by atoms with Gasteiger partial charge in [0.15, 0.2) is 5.13 Å². The highest BCUT2D eigenvalue weighted by atomic mass is 32.1. The van der Waals surface area contributed by atoms with E-state index in [4.69, 9.17) is 5.73 Å². The molecule has 0 aliphatic heterocycles. The van der Waals surface area contributed by atoms with Crippen LogP contribution in [0.4, 0.5) is 21.3 Å². The Balaban J connectivity index is 1.97. The average Bonchev–Trinajstić information content (AvgIpc) is 2.77. The fraction of sp³-hybridized carbons (Fsp3) is 0.231. The van der Waals surface area contributed by atoms with E-state index in [9.17, 15) is 4.79 Å². The van der Waals surface area contributed by atoms with Crippen molar-refractivity contribution < 1.29 is 4.79 Å². The SMILES string of the molecule is CC(C)c1csc(NC(=O)Nc2cccc(N)c2)n1. The summed E-state index contributed by atoms with van der Waals surface area (Å²) >= 11 is 1.41. The van der Waals surface area contributed by atoms with Gasteiger partial charge in [-0.15, -0.1) is 11.3 Å². The molecule has 1 aromatic carbocycles. The highest BCUT2D eigenvalue weighted by Crippen LogP contribution is 2.21. The highest BCUT2D eigenvalue weighted by molar-refractivity contribution is 7.13. The lowest BCUT2D eigenvalue weighted by atomic mass is 10.2. The second-order valence-electron chi connectivity index (χ2n) is 4.44. The lowest BCUT2D eigenvalue weighted by Gasteiger charge is -2.05. The van der Waals surface area contributed by atoms with Crippen molar-refractivity contribution in [2.45, 2.75) is 19.8 Å². The number of anilines is 3. The minimum Gasteiger partial charge on any atom is -0.399 e. The van der Waals surface area contributed by atoms with E-state index in [2.05, 4.69) is 29.5 Å². The molecule has 2 amide bonds. The molecule has 0 radical (unpaired) electrons. The van der Waals surface area contributed by atoms with E-state index < -0.39 is 0 Å². The van der Waals surface area contributed by atoms with Crippen molar-refractivity contribution in [2.24, 2.45) is 0 Å². The van der Waals surface area contributed by atoms with E-state index in [-0.39, 0.29) is 6.03 Å². The number of nitrogens with one attached hydrogen (secondary N) is 2. The summed E-state index contributed by atoms with van der Waals surface area (Å²) in [5, 5.41) is 7.94. The van der Waals surface area contributed by atoms with Crippen LogP contribution in [0.25, 0.3) is 0 Å². The summed E-state index contributed by atoms with van der Waals surface area (Å²) < 4.78 is 0. The summed E-state index contributed by atoms with van der Waals surface area (Å²) in [6.07, 6.45) is 0. The van der Waals surface area contributed by atoms with Crippen molar-refractivity contribution in [1.29, 1.82) is 0 Å². The van der Waals surface area contributed by atoms with Crippen molar-refractivity contribution in [1.82, 2.24) is 4.98 Å². The molecule has 0 unspecified atom stereocenters. The van der Waals surface area contributed by atoms with Gasteiger partial charge in [-0.2, -0.15) is 0 Å². The van der Waals surface area contributed by atoms with Gasteiger partial charge in [0.25, 0.3) is 0 Å². The molecule has 0 saturated carbocycles. The fourth-order valence-electron chi connectivity index (χ4n) is 1.48. The molecule has 5 nitrogen and oxygen atoms in total. The molecule has 0 aliphatic rings. The summed E-state index contributed by atoms with van der Waals surface area (Å²) in [6, 6.07) is 6.69. The molecular weight excluding hydrogens is 260 g/mol. The van der Waals surface area contributed by atoms with Crippen LogP contribution in [-0.2, 0) is 0 Å². The molecule has 0 spiro atoms. The third-order valence-corrected chi connectivity index (χ3v) is 3.25. The van der Waals surface area contributed by atoms with Crippen LogP contribution in [0.2, 0.25) is 0 Å². The second kappa shape index (κ2) is 5.71. The predicted molar refractivity (Wildman–Crippen MR) is 79.7 cm³/mol. The van der Waals surface area contributed by atoms with Crippen LogP contribution in [0.3, 0.4) is 0 Å². The van der Waals surface area contributed by atoms with E-state index in [1.807, 2.05) is 5.38 Å². The number of urea groups is 1. The predicted octanol–water partition coefficient (Wildman–Crippen LogP) is 3.49. The zero-order chi connectivity index (χ0) is 13.8. The van der Waals surface area contributed by atoms with Crippen LogP contribution in [0.5, 0.6) is 0 Å². The monoisotopic (exact) mass is 276 g/mol. The lowest BCUT2D eigenvalue weighted by molar-refractivity contribution is 0.262. The van der Waals surface area contributed by atoms with Crippen LogP contribution in [0.15, 0.2) is 29.6 Å². The number of nitrogens with zero attached hydrogens (tertiary/aromatic N) is 1. The van der Waals surface area contributed by atoms with Crippen LogP contribution in [0, 0.1) is 0 Å². The maximum atomic E-state index is 11.8. The smallest absolute Gasteiger partial charge is 0.325 e. The summed E-state index contributed by atoms with van der Waals surface area (Å²) in [5.41, 5.74) is 7.87. The van der Waals surface area contributed by atoms with Gasteiger partial charge in [0.2, 0.25) is 0 Å². The van der Waals surface area contributed by atoms with Gasteiger partial charge in [-0.25, -0.2) is 9.78 Å². The number of hydrogen-bond acceptors (Lipinski definition) is 4. The molecule has 4 N–H and O–H groups in total. The van der Waals surface area contributed by atoms with Gasteiger partial charge in [-0.05, 0) is 24.1 Å². The summed E-state index contributed by atoms with van der Waals surface area (Å²) in [4.78, 5) is 16.1. The number of thiazole rings is 1. The molecule has 2 aromatic rings. The van der Waals surface area contributed by atoms with E-state index in [1.165, 1.54) is 11.3 Å². The topological polar surface area (TPSA) is 80.0 Å². The van der Waals surface area contributed by atoms with Crippen LogP contribution >= 0.6 is 11.3 Å². The largest absolute Gasteiger partial charge is 0.399 e. The molecule has 0 aliphatic carbocycles. The second-order valence-corrected chi connectivity index (χ2v) is 5.29. The van der Waals surface area contributed by atoms with E-state index in [1.54, 1.807) is 24.3 Å². The molecule has 2 rings (SSSR count). The lowest BCUT2D eigenvalue weighted by Crippen LogP contribution is -2.19. The van der Waals surface area contributed by atoms with Crippen molar-refractivity contribution >= 4 is 33.9 Å². The molecule has 0 saturated heterocycles. The van der Waals surface area contributed by atoms with Gasteiger partial charge in [0, 0.05) is 16.8 Å². The fourth-order valence-corrected chi connectivity index (χ4v) is 2.35. The van der Waals surface area contributed by atoms with Crippen LogP contribution in [-0.4, -0.2) is 11.0 Å². The molecule has 0 fully saturated rings. The van der Waals surface area contributed by atoms with Crippen molar-refractivity contribution in [3.8, 4) is 0 Å². The quantitative estimate of drug-likeness (QED) is 0.751.